The number of rotatable bonds is 1. The zero-order chi connectivity index (χ0) is 15.0. The summed E-state index contributed by atoms with van der Waals surface area (Å²) in [6.45, 7) is 5.38. The first-order valence-corrected chi connectivity index (χ1v) is 7.87. The Morgan fingerprint density at radius 1 is 1.29 bits per heavy atom. The van der Waals surface area contributed by atoms with Crippen molar-refractivity contribution in [3.63, 3.8) is 0 Å². The molecule has 4 heteroatoms. The summed E-state index contributed by atoms with van der Waals surface area (Å²) in [7, 11) is 0. The third-order valence-corrected chi connectivity index (χ3v) is 4.99. The molecule has 1 aromatic rings. The number of aliphatic hydroxyl groups is 1. The largest absolute Gasteiger partial charge is 0.391 e. The first kappa shape index (κ1) is 14.4. The van der Waals surface area contributed by atoms with Crippen LogP contribution in [-0.2, 0) is 6.42 Å². The molecule has 3 rings (SSSR count). The number of carbonyl (C=O) groups excluding carboxylic acids is 1. The number of urea groups is 1. The lowest BCUT2D eigenvalue weighted by molar-refractivity contribution is 0.0427. The van der Waals surface area contributed by atoms with E-state index in [0.717, 1.165) is 19.4 Å². The standard InChI is InChI=1S/C17H24N2O2/c1-11-7-8-19(10-15(11)20)17(21)18-16-12(2)9-13-5-3-4-6-14(13)16/h3-6,11-12,15-16,20H,7-10H2,1-2H3,(H,18,21). The fourth-order valence-corrected chi connectivity index (χ4v) is 3.47. The van der Waals surface area contributed by atoms with Gasteiger partial charge in [0.2, 0.25) is 0 Å². The average Bonchev–Trinajstić information content (AvgIpc) is 2.78. The van der Waals surface area contributed by atoms with Gasteiger partial charge in [0.25, 0.3) is 0 Å². The van der Waals surface area contributed by atoms with Crippen molar-refractivity contribution in [2.45, 2.75) is 38.8 Å². The fourth-order valence-electron chi connectivity index (χ4n) is 3.47. The molecular weight excluding hydrogens is 264 g/mol. The molecule has 0 radical (unpaired) electrons. The molecule has 0 bridgehead atoms. The van der Waals surface area contributed by atoms with Gasteiger partial charge in [-0.25, -0.2) is 4.79 Å². The van der Waals surface area contributed by atoms with Crippen molar-refractivity contribution >= 4 is 6.03 Å². The van der Waals surface area contributed by atoms with E-state index in [1.54, 1.807) is 4.90 Å². The molecule has 2 N–H and O–H groups in total. The van der Waals surface area contributed by atoms with Crippen LogP contribution in [0, 0.1) is 11.8 Å². The molecule has 2 aliphatic rings. The number of benzene rings is 1. The topological polar surface area (TPSA) is 52.6 Å². The first-order valence-electron chi connectivity index (χ1n) is 7.87. The Morgan fingerprint density at radius 2 is 2.05 bits per heavy atom. The van der Waals surface area contributed by atoms with Gasteiger partial charge in [-0.1, -0.05) is 38.1 Å². The molecule has 4 nitrogen and oxygen atoms in total. The van der Waals surface area contributed by atoms with Crippen LogP contribution in [0.5, 0.6) is 0 Å². The highest BCUT2D eigenvalue weighted by atomic mass is 16.3. The Labute approximate surface area is 126 Å². The van der Waals surface area contributed by atoms with Gasteiger partial charge < -0.3 is 15.3 Å². The highest BCUT2D eigenvalue weighted by Crippen LogP contribution is 2.35. The van der Waals surface area contributed by atoms with Crippen LogP contribution in [0.4, 0.5) is 4.79 Å². The number of nitrogens with zero attached hydrogens (tertiary/aromatic N) is 1. The molecule has 0 aromatic heterocycles. The van der Waals surface area contributed by atoms with E-state index in [-0.39, 0.29) is 18.0 Å². The van der Waals surface area contributed by atoms with Crippen LogP contribution in [0.3, 0.4) is 0 Å². The average molecular weight is 288 g/mol. The maximum Gasteiger partial charge on any atom is 0.317 e. The summed E-state index contributed by atoms with van der Waals surface area (Å²) in [5.74, 6) is 0.695. The summed E-state index contributed by atoms with van der Waals surface area (Å²) < 4.78 is 0. The van der Waals surface area contributed by atoms with Crippen molar-refractivity contribution in [2.24, 2.45) is 11.8 Å². The molecule has 2 amide bonds. The highest BCUT2D eigenvalue weighted by molar-refractivity contribution is 5.75. The lowest BCUT2D eigenvalue weighted by atomic mass is 9.96. The second kappa shape index (κ2) is 5.68. The number of hydrogen-bond donors (Lipinski definition) is 2. The predicted molar refractivity (Wildman–Crippen MR) is 81.9 cm³/mol. The van der Waals surface area contributed by atoms with E-state index >= 15 is 0 Å². The molecule has 1 aromatic carbocycles. The number of hydrogen-bond acceptors (Lipinski definition) is 2. The van der Waals surface area contributed by atoms with Crippen LogP contribution in [0.25, 0.3) is 0 Å². The molecular formula is C17H24N2O2. The maximum atomic E-state index is 12.5. The van der Waals surface area contributed by atoms with Gasteiger partial charge in [-0.15, -0.1) is 0 Å². The zero-order valence-electron chi connectivity index (χ0n) is 12.7. The van der Waals surface area contributed by atoms with Gasteiger partial charge >= 0.3 is 6.03 Å². The Hall–Kier alpha value is -1.55. The number of likely N-dealkylation sites (tertiary alicyclic amines) is 1. The number of carbonyl (C=O) groups is 1. The van der Waals surface area contributed by atoms with E-state index < -0.39 is 6.10 Å². The van der Waals surface area contributed by atoms with Crippen LogP contribution in [0.2, 0.25) is 0 Å². The second-order valence-electron chi connectivity index (χ2n) is 6.59. The molecule has 1 saturated heterocycles. The van der Waals surface area contributed by atoms with Crippen molar-refractivity contribution < 1.29 is 9.90 Å². The molecule has 114 valence electrons. The maximum absolute atomic E-state index is 12.5. The Balaban J connectivity index is 1.68. The third-order valence-electron chi connectivity index (χ3n) is 4.99. The zero-order valence-corrected chi connectivity index (χ0v) is 12.7. The van der Waals surface area contributed by atoms with Crippen molar-refractivity contribution in [1.29, 1.82) is 0 Å². The smallest absolute Gasteiger partial charge is 0.317 e. The Morgan fingerprint density at radius 3 is 2.81 bits per heavy atom. The van der Waals surface area contributed by atoms with Crippen molar-refractivity contribution in [3.8, 4) is 0 Å². The summed E-state index contributed by atoms with van der Waals surface area (Å²) in [5.41, 5.74) is 2.58. The van der Waals surface area contributed by atoms with Crippen molar-refractivity contribution in [3.05, 3.63) is 35.4 Å². The van der Waals surface area contributed by atoms with Crippen LogP contribution < -0.4 is 5.32 Å². The number of fused-ring (bicyclic) bond motifs is 1. The summed E-state index contributed by atoms with van der Waals surface area (Å²) in [6, 6.07) is 8.38. The molecule has 0 saturated carbocycles. The van der Waals surface area contributed by atoms with Crippen molar-refractivity contribution in [2.75, 3.05) is 13.1 Å². The number of piperidine rings is 1. The quantitative estimate of drug-likeness (QED) is 0.833. The van der Waals surface area contributed by atoms with Gasteiger partial charge in [0, 0.05) is 13.1 Å². The molecule has 0 spiro atoms. The van der Waals surface area contributed by atoms with Crippen LogP contribution in [0.1, 0.15) is 37.4 Å². The van der Waals surface area contributed by atoms with E-state index in [9.17, 15) is 9.90 Å². The highest BCUT2D eigenvalue weighted by Gasteiger charge is 2.33. The van der Waals surface area contributed by atoms with E-state index in [2.05, 4.69) is 30.4 Å². The van der Waals surface area contributed by atoms with Crippen LogP contribution in [0.15, 0.2) is 24.3 Å². The fraction of sp³-hybridized carbons (Fsp3) is 0.588. The van der Waals surface area contributed by atoms with E-state index in [1.165, 1.54) is 11.1 Å². The van der Waals surface area contributed by atoms with Gasteiger partial charge in [-0.05, 0) is 35.8 Å². The second-order valence-corrected chi connectivity index (χ2v) is 6.59. The Bertz CT molecular complexity index is 531. The number of aliphatic hydroxyl groups excluding tert-OH is 1. The molecule has 1 aliphatic heterocycles. The molecule has 21 heavy (non-hydrogen) atoms. The van der Waals surface area contributed by atoms with Crippen LogP contribution >= 0.6 is 0 Å². The minimum absolute atomic E-state index is 0.0468. The lowest BCUT2D eigenvalue weighted by Crippen LogP contribution is -2.50. The van der Waals surface area contributed by atoms with Crippen molar-refractivity contribution in [1.82, 2.24) is 10.2 Å². The van der Waals surface area contributed by atoms with E-state index in [0.29, 0.717) is 12.5 Å². The summed E-state index contributed by atoms with van der Waals surface area (Å²) in [5, 5.41) is 13.1. The summed E-state index contributed by atoms with van der Waals surface area (Å²) in [4.78, 5) is 14.2. The number of β-amino-alcohol motifs (C(OH)–C–C–N with tert-alkyl or cyclic N) is 1. The third kappa shape index (κ3) is 2.77. The molecule has 1 heterocycles. The minimum Gasteiger partial charge on any atom is -0.391 e. The summed E-state index contributed by atoms with van der Waals surface area (Å²) in [6.07, 6.45) is 1.48. The van der Waals surface area contributed by atoms with Gasteiger partial charge in [-0.2, -0.15) is 0 Å². The normalized spacial score (nSPS) is 31.9. The van der Waals surface area contributed by atoms with Crippen LogP contribution in [-0.4, -0.2) is 35.2 Å². The first-order chi connectivity index (χ1) is 10.1. The van der Waals surface area contributed by atoms with Gasteiger partial charge in [0.05, 0.1) is 12.1 Å². The van der Waals surface area contributed by atoms with Gasteiger partial charge in [0.1, 0.15) is 0 Å². The monoisotopic (exact) mass is 288 g/mol. The van der Waals surface area contributed by atoms with Gasteiger partial charge in [-0.3, -0.25) is 0 Å². The molecule has 1 fully saturated rings. The van der Waals surface area contributed by atoms with E-state index in [1.807, 2.05) is 13.0 Å². The minimum atomic E-state index is -0.405. The molecule has 1 aliphatic carbocycles. The summed E-state index contributed by atoms with van der Waals surface area (Å²) >= 11 is 0. The number of nitrogens with one attached hydrogen (secondary N) is 1. The lowest BCUT2D eigenvalue weighted by Gasteiger charge is -2.35. The number of amides is 2. The molecule has 4 atom stereocenters. The van der Waals surface area contributed by atoms with E-state index in [4.69, 9.17) is 0 Å². The predicted octanol–water partition coefficient (Wildman–Crippen LogP) is 2.33. The SMILES string of the molecule is CC1CCN(C(=O)NC2c3ccccc3CC2C)CC1O. The molecule has 4 unspecified atom stereocenters. The Kier molecular flexibility index (Phi) is 3.89. The van der Waals surface area contributed by atoms with Gasteiger partial charge in [0.15, 0.2) is 0 Å².